The third kappa shape index (κ3) is 2.59. The molecule has 0 bridgehead atoms. The Labute approximate surface area is 107 Å². The molecule has 3 heterocycles. The van der Waals surface area contributed by atoms with Gasteiger partial charge in [-0.25, -0.2) is 4.98 Å². The fraction of sp³-hybridized carbons (Fsp3) is 0.429. The molecule has 1 saturated heterocycles. The van der Waals surface area contributed by atoms with Crippen LogP contribution in [0.5, 0.6) is 0 Å². The number of nitrogens with zero attached hydrogens (tertiary/aromatic N) is 3. The minimum atomic E-state index is 0.695. The highest BCUT2D eigenvalue weighted by Gasteiger charge is 2.20. The zero-order valence-electron chi connectivity index (χ0n) is 10.4. The quantitative estimate of drug-likeness (QED) is 0.897. The number of H-pyrrole nitrogens is 1. The maximum absolute atomic E-state index is 4.28. The van der Waals surface area contributed by atoms with Crippen LogP contribution in [0.25, 0.3) is 0 Å². The number of piperidine rings is 1. The molecule has 1 aliphatic rings. The largest absolute Gasteiger partial charge is 0.348 e. The van der Waals surface area contributed by atoms with Crippen molar-refractivity contribution in [2.45, 2.75) is 25.3 Å². The second kappa shape index (κ2) is 5.31. The molecular formula is C14H18N4. The Morgan fingerprint density at radius 2 is 1.94 bits per heavy atom. The number of hydrogen-bond acceptors (Lipinski definition) is 3. The molecule has 0 aliphatic carbocycles. The van der Waals surface area contributed by atoms with E-state index < -0.39 is 0 Å². The normalized spacial score (nSPS) is 18.0. The number of rotatable bonds is 3. The molecule has 3 rings (SSSR count). The summed E-state index contributed by atoms with van der Waals surface area (Å²) in [7, 11) is 0. The molecule has 1 fully saturated rings. The second-order valence-corrected chi connectivity index (χ2v) is 4.87. The minimum absolute atomic E-state index is 0.695. The first-order valence-corrected chi connectivity index (χ1v) is 6.52. The van der Waals surface area contributed by atoms with Crippen LogP contribution in [0.2, 0.25) is 0 Å². The standard InChI is InChI=1S/C14H18N4/c1-5-15-6-2-12(1)13-3-9-18(10-4-13)11-14-16-7-8-17-14/h1-2,5-8,13H,3-4,9-11H2,(H,16,17). The summed E-state index contributed by atoms with van der Waals surface area (Å²) in [6.07, 6.45) is 9.95. The van der Waals surface area contributed by atoms with Gasteiger partial charge in [0.15, 0.2) is 0 Å². The summed E-state index contributed by atoms with van der Waals surface area (Å²) in [6, 6.07) is 4.29. The summed E-state index contributed by atoms with van der Waals surface area (Å²) in [5.74, 6) is 1.76. The average Bonchev–Trinajstić information content (AvgIpc) is 2.94. The SMILES string of the molecule is c1cc(C2CCN(Cc3ncc[nH]3)CC2)ccn1. The van der Waals surface area contributed by atoms with Gasteiger partial charge in [-0.1, -0.05) is 0 Å². The molecule has 0 amide bonds. The first-order chi connectivity index (χ1) is 8.92. The van der Waals surface area contributed by atoms with Gasteiger partial charge in [-0.15, -0.1) is 0 Å². The lowest BCUT2D eigenvalue weighted by atomic mass is 9.90. The molecule has 0 aromatic carbocycles. The van der Waals surface area contributed by atoms with Crippen molar-refractivity contribution < 1.29 is 0 Å². The molecule has 0 unspecified atom stereocenters. The second-order valence-electron chi connectivity index (χ2n) is 4.87. The average molecular weight is 242 g/mol. The van der Waals surface area contributed by atoms with Crippen molar-refractivity contribution in [3.8, 4) is 0 Å². The summed E-state index contributed by atoms with van der Waals surface area (Å²) in [5, 5.41) is 0. The molecule has 1 N–H and O–H groups in total. The Morgan fingerprint density at radius 1 is 1.17 bits per heavy atom. The van der Waals surface area contributed by atoms with E-state index in [2.05, 4.69) is 32.0 Å². The van der Waals surface area contributed by atoms with E-state index in [-0.39, 0.29) is 0 Å². The number of hydrogen-bond donors (Lipinski definition) is 1. The summed E-state index contributed by atoms with van der Waals surface area (Å²) in [6.45, 7) is 3.23. The molecule has 0 atom stereocenters. The van der Waals surface area contributed by atoms with Crippen LogP contribution in [0.4, 0.5) is 0 Å². The topological polar surface area (TPSA) is 44.8 Å². The zero-order chi connectivity index (χ0) is 12.2. The third-order valence-corrected chi connectivity index (χ3v) is 3.69. The van der Waals surface area contributed by atoms with Crippen LogP contribution in [-0.2, 0) is 6.54 Å². The highest BCUT2D eigenvalue weighted by molar-refractivity contribution is 5.16. The molecule has 0 saturated carbocycles. The highest BCUT2D eigenvalue weighted by atomic mass is 15.1. The summed E-state index contributed by atoms with van der Waals surface area (Å²) in [4.78, 5) is 14.0. The monoisotopic (exact) mass is 242 g/mol. The van der Waals surface area contributed by atoms with Crippen molar-refractivity contribution in [3.05, 3.63) is 48.3 Å². The number of pyridine rings is 1. The van der Waals surface area contributed by atoms with Gasteiger partial charge in [0.1, 0.15) is 5.82 Å². The molecule has 94 valence electrons. The van der Waals surface area contributed by atoms with Gasteiger partial charge in [0.2, 0.25) is 0 Å². The van der Waals surface area contributed by atoms with Crippen LogP contribution in [0, 0.1) is 0 Å². The summed E-state index contributed by atoms with van der Waals surface area (Å²) < 4.78 is 0. The maximum atomic E-state index is 4.28. The van der Waals surface area contributed by atoms with E-state index in [0.717, 1.165) is 25.5 Å². The van der Waals surface area contributed by atoms with E-state index >= 15 is 0 Å². The van der Waals surface area contributed by atoms with E-state index in [1.165, 1.54) is 18.4 Å². The van der Waals surface area contributed by atoms with E-state index in [4.69, 9.17) is 0 Å². The van der Waals surface area contributed by atoms with Gasteiger partial charge in [-0.2, -0.15) is 0 Å². The Morgan fingerprint density at radius 3 is 2.61 bits per heavy atom. The molecular weight excluding hydrogens is 224 g/mol. The van der Waals surface area contributed by atoms with Crippen molar-refractivity contribution in [1.29, 1.82) is 0 Å². The summed E-state index contributed by atoms with van der Waals surface area (Å²) in [5.41, 5.74) is 1.43. The van der Waals surface area contributed by atoms with Crippen molar-refractivity contribution in [1.82, 2.24) is 19.9 Å². The molecule has 4 heteroatoms. The van der Waals surface area contributed by atoms with Crippen LogP contribution in [0.15, 0.2) is 36.9 Å². The number of nitrogens with one attached hydrogen (secondary N) is 1. The van der Waals surface area contributed by atoms with E-state index in [9.17, 15) is 0 Å². The lowest BCUT2D eigenvalue weighted by Gasteiger charge is -2.31. The van der Waals surface area contributed by atoms with Crippen LogP contribution in [0.3, 0.4) is 0 Å². The van der Waals surface area contributed by atoms with Crippen molar-refractivity contribution in [3.63, 3.8) is 0 Å². The Balaban J connectivity index is 1.55. The van der Waals surface area contributed by atoms with E-state index in [1.807, 2.05) is 24.8 Å². The van der Waals surface area contributed by atoms with Gasteiger partial charge in [-0.05, 0) is 49.5 Å². The van der Waals surface area contributed by atoms with Gasteiger partial charge >= 0.3 is 0 Å². The Hall–Kier alpha value is -1.68. The molecule has 0 spiro atoms. The van der Waals surface area contributed by atoms with E-state index in [0.29, 0.717) is 5.92 Å². The predicted octanol–water partition coefficient (Wildman–Crippen LogP) is 2.18. The lowest BCUT2D eigenvalue weighted by Crippen LogP contribution is -2.32. The van der Waals surface area contributed by atoms with Crippen LogP contribution >= 0.6 is 0 Å². The first kappa shape index (κ1) is 11.4. The number of likely N-dealkylation sites (tertiary alicyclic amines) is 1. The fourth-order valence-corrected chi connectivity index (χ4v) is 2.66. The smallest absolute Gasteiger partial charge is 0.120 e. The molecule has 2 aromatic heterocycles. The lowest BCUT2D eigenvalue weighted by molar-refractivity contribution is 0.200. The molecule has 0 radical (unpaired) electrons. The van der Waals surface area contributed by atoms with Crippen LogP contribution < -0.4 is 0 Å². The number of aromatic amines is 1. The highest BCUT2D eigenvalue weighted by Crippen LogP contribution is 2.27. The first-order valence-electron chi connectivity index (χ1n) is 6.52. The fourth-order valence-electron chi connectivity index (χ4n) is 2.66. The zero-order valence-corrected chi connectivity index (χ0v) is 10.4. The summed E-state index contributed by atoms with van der Waals surface area (Å²) >= 11 is 0. The molecule has 1 aliphatic heterocycles. The van der Waals surface area contributed by atoms with Crippen LogP contribution in [0.1, 0.15) is 30.1 Å². The molecule has 18 heavy (non-hydrogen) atoms. The Bertz CT molecular complexity index is 458. The van der Waals surface area contributed by atoms with Crippen molar-refractivity contribution in [2.24, 2.45) is 0 Å². The number of imidazole rings is 1. The van der Waals surface area contributed by atoms with Crippen molar-refractivity contribution >= 4 is 0 Å². The van der Waals surface area contributed by atoms with Crippen molar-refractivity contribution in [2.75, 3.05) is 13.1 Å². The van der Waals surface area contributed by atoms with Gasteiger partial charge in [-0.3, -0.25) is 9.88 Å². The van der Waals surface area contributed by atoms with Gasteiger partial charge < -0.3 is 4.98 Å². The minimum Gasteiger partial charge on any atom is -0.348 e. The number of aromatic nitrogens is 3. The van der Waals surface area contributed by atoms with Crippen LogP contribution in [-0.4, -0.2) is 32.9 Å². The predicted molar refractivity (Wildman–Crippen MR) is 70.1 cm³/mol. The van der Waals surface area contributed by atoms with Gasteiger partial charge in [0.25, 0.3) is 0 Å². The third-order valence-electron chi connectivity index (χ3n) is 3.69. The van der Waals surface area contributed by atoms with Gasteiger partial charge in [0.05, 0.1) is 6.54 Å². The Kier molecular flexibility index (Phi) is 3.37. The molecule has 4 nitrogen and oxygen atoms in total. The molecule has 2 aromatic rings. The van der Waals surface area contributed by atoms with Gasteiger partial charge in [0, 0.05) is 24.8 Å². The maximum Gasteiger partial charge on any atom is 0.120 e. The van der Waals surface area contributed by atoms with E-state index in [1.54, 1.807) is 0 Å².